The van der Waals surface area contributed by atoms with Gasteiger partial charge >= 0.3 is 5.97 Å². The van der Waals surface area contributed by atoms with Gasteiger partial charge in [-0.05, 0) is 44.2 Å². The lowest BCUT2D eigenvalue weighted by Gasteiger charge is -2.09. The second-order valence-corrected chi connectivity index (χ2v) is 5.54. The maximum Gasteiger partial charge on any atom is 0.339 e. The monoisotopic (exact) mass is 355 g/mol. The van der Waals surface area contributed by atoms with Gasteiger partial charge in [-0.2, -0.15) is 0 Å². The van der Waals surface area contributed by atoms with Crippen molar-refractivity contribution in [3.63, 3.8) is 0 Å². The third kappa shape index (κ3) is 3.04. The number of nitrogens with one attached hydrogen (secondary N) is 1. The molecule has 3 N–H and O–H groups in total. The number of carbonyl (C=O) groups excluding carboxylic acids is 1. The molecule has 0 saturated heterocycles. The predicted octanol–water partition coefficient (Wildman–Crippen LogP) is 2.70. The van der Waals surface area contributed by atoms with E-state index in [4.69, 9.17) is 9.84 Å². The van der Waals surface area contributed by atoms with Crippen molar-refractivity contribution in [2.24, 2.45) is 0 Å². The number of carboxylic acid groups (broad SMARTS) is 1. The third-order valence-corrected chi connectivity index (χ3v) is 3.79. The fraction of sp³-hybridized carbons (Fsp3) is 0.167. The Hall–Kier alpha value is -3.55. The number of amides is 1. The van der Waals surface area contributed by atoms with Crippen molar-refractivity contribution in [1.29, 1.82) is 0 Å². The number of hydrogen-bond donors (Lipinski definition) is 3. The molecule has 2 aromatic heterocycles. The van der Waals surface area contributed by atoms with Gasteiger partial charge in [0.15, 0.2) is 11.4 Å². The summed E-state index contributed by atoms with van der Waals surface area (Å²) in [4.78, 5) is 28.2. The Morgan fingerprint density at radius 2 is 2.08 bits per heavy atom. The van der Waals surface area contributed by atoms with E-state index in [0.29, 0.717) is 29.4 Å². The molecule has 3 aromatic rings. The molecule has 0 aliphatic carbocycles. The summed E-state index contributed by atoms with van der Waals surface area (Å²) < 4.78 is 7.15. The molecule has 134 valence electrons. The number of anilines is 1. The zero-order valence-corrected chi connectivity index (χ0v) is 14.2. The van der Waals surface area contributed by atoms with Crippen LogP contribution in [0.4, 0.5) is 5.69 Å². The van der Waals surface area contributed by atoms with E-state index >= 15 is 0 Å². The Morgan fingerprint density at radius 1 is 1.31 bits per heavy atom. The zero-order chi connectivity index (χ0) is 18.8. The molecule has 0 bridgehead atoms. The quantitative estimate of drug-likeness (QED) is 0.607. The van der Waals surface area contributed by atoms with Gasteiger partial charge in [0, 0.05) is 11.9 Å². The van der Waals surface area contributed by atoms with Gasteiger partial charge in [0.1, 0.15) is 17.0 Å². The molecule has 26 heavy (non-hydrogen) atoms. The number of fused-ring (bicyclic) bond motifs is 1. The lowest BCUT2D eigenvalue weighted by molar-refractivity contribution is 0.0693. The standard InChI is InChI=1S/C18H17N3O5/c1-3-26-14-5-4-8-21-15(10(2)19-16(14)21)17(23)20-11-6-7-13(22)12(9-11)18(24)25/h4-9,22H,3H2,1-2H3,(H,20,23)(H,24,25). The molecule has 1 amide bonds. The smallest absolute Gasteiger partial charge is 0.339 e. The van der Waals surface area contributed by atoms with Gasteiger partial charge in [-0.3, -0.25) is 9.20 Å². The maximum atomic E-state index is 12.7. The highest BCUT2D eigenvalue weighted by Crippen LogP contribution is 2.24. The van der Waals surface area contributed by atoms with Crippen LogP contribution in [0.15, 0.2) is 36.5 Å². The largest absolute Gasteiger partial charge is 0.507 e. The van der Waals surface area contributed by atoms with Crippen molar-refractivity contribution in [3.8, 4) is 11.5 Å². The Morgan fingerprint density at radius 3 is 2.77 bits per heavy atom. The normalized spacial score (nSPS) is 10.7. The predicted molar refractivity (Wildman–Crippen MR) is 94.1 cm³/mol. The highest BCUT2D eigenvalue weighted by Gasteiger charge is 2.20. The van der Waals surface area contributed by atoms with E-state index in [-0.39, 0.29) is 17.0 Å². The Balaban J connectivity index is 1.98. The van der Waals surface area contributed by atoms with Crippen LogP contribution < -0.4 is 10.1 Å². The number of phenols is 1. The van der Waals surface area contributed by atoms with Gasteiger partial charge in [0.2, 0.25) is 0 Å². The summed E-state index contributed by atoms with van der Waals surface area (Å²) in [7, 11) is 0. The van der Waals surface area contributed by atoms with Crippen LogP contribution in [0.3, 0.4) is 0 Å². The molecule has 0 aliphatic rings. The molecule has 8 heteroatoms. The van der Waals surface area contributed by atoms with E-state index in [0.717, 1.165) is 0 Å². The molecule has 0 spiro atoms. The van der Waals surface area contributed by atoms with E-state index in [1.807, 2.05) is 6.92 Å². The van der Waals surface area contributed by atoms with Crippen LogP contribution in [0.5, 0.6) is 11.5 Å². The van der Waals surface area contributed by atoms with Gasteiger partial charge in [-0.25, -0.2) is 9.78 Å². The molecule has 1 aromatic carbocycles. The van der Waals surface area contributed by atoms with E-state index < -0.39 is 11.9 Å². The number of aromatic hydroxyl groups is 1. The zero-order valence-electron chi connectivity index (χ0n) is 14.2. The van der Waals surface area contributed by atoms with Gasteiger partial charge in [0.05, 0.1) is 12.3 Å². The van der Waals surface area contributed by atoms with Crippen LogP contribution in [-0.4, -0.2) is 38.1 Å². The van der Waals surface area contributed by atoms with Crippen molar-refractivity contribution < 1.29 is 24.5 Å². The highest BCUT2D eigenvalue weighted by molar-refractivity contribution is 6.05. The van der Waals surface area contributed by atoms with Crippen molar-refractivity contribution in [1.82, 2.24) is 9.38 Å². The van der Waals surface area contributed by atoms with Crippen molar-refractivity contribution in [3.05, 3.63) is 53.5 Å². The third-order valence-electron chi connectivity index (χ3n) is 3.79. The molecule has 0 saturated carbocycles. The van der Waals surface area contributed by atoms with Gasteiger partial charge in [0.25, 0.3) is 5.91 Å². The van der Waals surface area contributed by atoms with Crippen molar-refractivity contribution in [2.45, 2.75) is 13.8 Å². The minimum atomic E-state index is -1.29. The van der Waals surface area contributed by atoms with Gasteiger partial charge in [-0.15, -0.1) is 0 Å². The molecule has 0 unspecified atom stereocenters. The lowest BCUT2D eigenvalue weighted by atomic mass is 10.1. The van der Waals surface area contributed by atoms with Crippen LogP contribution in [0.25, 0.3) is 5.65 Å². The number of hydrogen-bond acceptors (Lipinski definition) is 5. The van der Waals surface area contributed by atoms with E-state index in [1.54, 1.807) is 29.7 Å². The van der Waals surface area contributed by atoms with Gasteiger partial charge < -0.3 is 20.3 Å². The topological polar surface area (TPSA) is 113 Å². The number of carboxylic acids is 1. The number of aromatic nitrogens is 2. The second-order valence-electron chi connectivity index (χ2n) is 5.54. The van der Waals surface area contributed by atoms with Crippen molar-refractivity contribution in [2.75, 3.05) is 11.9 Å². The number of nitrogens with zero attached hydrogens (tertiary/aromatic N) is 2. The Labute approximate surface area is 148 Å². The summed E-state index contributed by atoms with van der Waals surface area (Å²) in [6.45, 7) is 4.04. The Bertz CT molecular complexity index is 1010. The number of aryl methyl sites for hydroxylation is 1. The molecular formula is C18H17N3O5. The molecule has 2 heterocycles. The minimum absolute atomic E-state index is 0.250. The molecular weight excluding hydrogens is 338 g/mol. The van der Waals surface area contributed by atoms with Crippen LogP contribution in [0.2, 0.25) is 0 Å². The number of imidazole rings is 1. The summed E-state index contributed by atoms with van der Waals surface area (Å²) >= 11 is 0. The maximum absolute atomic E-state index is 12.7. The SMILES string of the molecule is CCOc1cccn2c(C(=O)Nc3ccc(O)c(C(=O)O)c3)c(C)nc12. The first-order valence-electron chi connectivity index (χ1n) is 7.90. The van der Waals surface area contributed by atoms with Crippen LogP contribution >= 0.6 is 0 Å². The minimum Gasteiger partial charge on any atom is -0.507 e. The molecule has 8 nitrogen and oxygen atoms in total. The summed E-state index contributed by atoms with van der Waals surface area (Å²) in [6, 6.07) is 7.35. The Kier molecular flexibility index (Phi) is 4.49. The molecule has 0 fully saturated rings. The molecule has 0 atom stereocenters. The van der Waals surface area contributed by atoms with Gasteiger partial charge in [-0.1, -0.05) is 0 Å². The fourth-order valence-corrected chi connectivity index (χ4v) is 2.67. The first-order chi connectivity index (χ1) is 12.4. The molecule has 0 radical (unpaired) electrons. The summed E-state index contributed by atoms with van der Waals surface area (Å²) in [5.41, 5.74) is 1.30. The van der Waals surface area contributed by atoms with Crippen LogP contribution in [-0.2, 0) is 0 Å². The van der Waals surface area contributed by atoms with E-state index in [2.05, 4.69) is 10.3 Å². The lowest BCUT2D eigenvalue weighted by Crippen LogP contribution is -2.16. The highest BCUT2D eigenvalue weighted by atomic mass is 16.5. The molecule has 3 rings (SSSR count). The summed E-state index contributed by atoms with van der Waals surface area (Å²) in [5, 5.41) is 21.3. The van der Waals surface area contributed by atoms with E-state index in [1.165, 1.54) is 18.2 Å². The number of ether oxygens (including phenoxy) is 1. The second kappa shape index (κ2) is 6.75. The average Bonchev–Trinajstić information content (AvgIpc) is 2.93. The first kappa shape index (κ1) is 17.3. The van der Waals surface area contributed by atoms with Crippen molar-refractivity contribution >= 4 is 23.2 Å². The number of rotatable bonds is 5. The average molecular weight is 355 g/mol. The van der Waals surface area contributed by atoms with E-state index in [9.17, 15) is 14.7 Å². The van der Waals surface area contributed by atoms with Crippen LogP contribution in [0.1, 0.15) is 33.5 Å². The summed E-state index contributed by atoms with van der Waals surface area (Å²) in [5.74, 6) is -1.55. The number of pyridine rings is 1. The number of benzene rings is 1. The molecule has 0 aliphatic heterocycles. The summed E-state index contributed by atoms with van der Waals surface area (Å²) in [6.07, 6.45) is 1.70. The fourth-order valence-electron chi connectivity index (χ4n) is 2.67. The first-order valence-corrected chi connectivity index (χ1v) is 7.90. The number of aromatic carboxylic acids is 1. The van der Waals surface area contributed by atoms with Crippen LogP contribution in [0, 0.1) is 6.92 Å². The number of carbonyl (C=O) groups is 2.